The molecule has 6 heteroatoms. The number of hydrogen-bond donors (Lipinski definition) is 2. The first-order valence-corrected chi connectivity index (χ1v) is 8.43. The molecule has 0 spiro atoms. The minimum absolute atomic E-state index is 0.0431. The van der Waals surface area contributed by atoms with Crippen molar-refractivity contribution in [3.63, 3.8) is 0 Å². The summed E-state index contributed by atoms with van der Waals surface area (Å²) in [6, 6.07) is 6.27. The van der Waals surface area contributed by atoms with Gasteiger partial charge in [-0.05, 0) is 29.0 Å². The molecule has 0 radical (unpaired) electrons. The lowest BCUT2D eigenvalue weighted by molar-refractivity contribution is -0.122. The Kier molecular flexibility index (Phi) is 5.53. The number of nitrogens with one attached hydrogen (secondary N) is 1. The number of amides is 1. The molecule has 0 aromatic heterocycles. The SMILES string of the molecule is CC(CC(=O)NCc1cccc(S(N)(=O)=O)c1)C(C)(C)C. The van der Waals surface area contributed by atoms with Crippen LogP contribution in [0.1, 0.15) is 39.7 Å². The Labute approximate surface area is 127 Å². The first-order valence-electron chi connectivity index (χ1n) is 6.88. The summed E-state index contributed by atoms with van der Waals surface area (Å²) in [7, 11) is -3.71. The molecule has 0 heterocycles. The van der Waals surface area contributed by atoms with Gasteiger partial charge in [0.15, 0.2) is 0 Å². The number of hydrogen-bond acceptors (Lipinski definition) is 3. The Balaban J connectivity index is 2.62. The van der Waals surface area contributed by atoms with Crippen LogP contribution < -0.4 is 10.5 Å². The monoisotopic (exact) mass is 312 g/mol. The zero-order valence-electron chi connectivity index (χ0n) is 13.0. The van der Waals surface area contributed by atoms with E-state index in [0.29, 0.717) is 18.5 Å². The number of rotatable bonds is 5. The maximum Gasteiger partial charge on any atom is 0.238 e. The summed E-state index contributed by atoms with van der Waals surface area (Å²) in [5, 5.41) is 7.89. The maximum atomic E-state index is 11.9. The first-order chi connectivity index (χ1) is 9.50. The molecule has 118 valence electrons. The van der Waals surface area contributed by atoms with E-state index in [2.05, 4.69) is 26.1 Å². The van der Waals surface area contributed by atoms with Gasteiger partial charge in [-0.25, -0.2) is 13.6 Å². The van der Waals surface area contributed by atoms with Gasteiger partial charge in [-0.1, -0.05) is 39.8 Å². The van der Waals surface area contributed by atoms with E-state index in [9.17, 15) is 13.2 Å². The molecule has 0 saturated heterocycles. The zero-order valence-corrected chi connectivity index (χ0v) is 13.8. The fourth-order valence-corrected chi connectivity index (χ4v) is 2.27. The molecule has 0 aliphatic carbocycles. The third kappa shape index (κ3) is 5.85. The number of carbonyl (C=O) groups excluding carboxylic acids is 1. The molecular weight excluding hydrogens is 288 g/mol. The van der Waals surface area contributed by atoms with Gasteiger partial charge >= 0.3 is 0 Å². The molecule has 21 heavy (non-hydrogen) atoms. The Hall–Kier alpha value is -1.40. The molecule has 5 nitrogen and oxygen atoms in total. The molecule has 0 aliphatic rings. The molecular formula is C15H24N2O3S. The van der Waals surface area contributed by atoms with Gasteiger partial charge in [-0.2, -0.15) is 0 Å². The Bertz CT molecular complexity index is 604. The lowest BCUT2D eigenvalue weighted by Crippen LogP contribution is -2.28. The minimum Gasteiger partial charge on any atom is -0.352 e. The number of nitrogens with two attached hydrogens (primary N) is 1. The second-order valence-electron chi connectivity index (χ2n) is 6.44. The van der Waals surface area contributed by atoms with Crippen molar-refractivity contribution in [2.45, 2.75) is 45.6 Å². The summed E-state index contributed by atoms with van der Waals surface area (Å²) in [6.07, 6.45) is 0.443. The predicted molar refractivity (Wildman–Crippen MR) is 82.9 cm³/mol. The average Bonchev–Trinajstić information content (AvgIpc) is 2.34. The zero-order chi connectivity index (χ0) is 16.3. The summed E-state index contributed by atoms with van der Waals surface area (Å²) in [4.78, 5) is 12.0. The van der Waals surface area contributed by atoms with Crippen LogP contribution in [0.4, 0.5) is 0 Å². The van der Waals surface area contributed by atoms with E-state index in [1.807, 2.05) is 6.92 Å². The van der Waals surface area contributed by atoms with Gasteiger partial charge in [0.05, 0.1) is 4.90 Å². The second-order valence-corrected chi connectivity index (χ2v) is 8.00. The van der Waals surface area contributed by atoms with E-state index in [1.54, 1.807) is 12.1 Å². The molecule has 0 aliphatic heterocycles. The van der Waals surface area contributed by atoms with Crippen molar-refractivity contribution >= 4 is 15.9 Å². The van der Waals surface area contributed by atoms with Crippen molar-refractivity contribution in [2.75, 3.05) is 0 Å². The van der Waals surface area contributed by atoms with Gasteiger partial charge in [0.1, 0.15) is 0 Å². The maximum absolute atomic E-state index is 11.9. The fourth-order valence-electron chi connectivity index (χ4n) is 1.69. The number of benzene rings is 1. The Morgan fingerprint density at radius 3 is 2.48 bits per heavy atom. The highest BCUT2D eigenvalue weighted by molar-refractivity contribution is 7.89. The van der Waals surface area contributed by atoms with Crippen LogP contribution in [0.5, 0.6) is 0 Å². The van der Waals surface area contributed by atoms with E-state index in [0.717, 1.165) is 0 Å². The van der Waals surface area contributed by atoms with Gasteiger partial charge in [-0.3, -0.25) is 4.79 Å². The van der Waals surface area contributed by atoms with Crippen molar-refractivity contribution in [1.82, 2.24) is 5.32 Å². The fraction of sp³-hybridized carbons (Fsp3) is 0.533. The van der Waals surface area contributed by atoms with Crippen molar-refractivity contribution < 1.29 is 13.2 Å². The highest BCUT2D eigenvalue weighted by Crippen LogP contribution is 2.27. The van der Waals surface area contributed by atoms with Crippen LogP contribution in [-0.2, 0) is 21.4 Å². The molecule has 1 amide bonds. The van der Waals surface area contributed by atoms with Crippen LogP contribution in [0.2, 0.25) is 0 Å². The van der Waals surface area contributed by atoms with Crippen LogP contribution in [0.25, 0.3) is 0 Å². The van der Waals surface area contributed by atoms with Crippen LogP contribution >= 0.6 is 0 Å². The van der Waals surface area contributed by atoms with Crippen LogP contribution in [0.3, 0.4) is 0 Å². The van der Waals surface area contributed by atoms with E-state index < -0.39 is 10.0 Å². The smallest absolute Gasteiger partial charge is 0.238 e. The standard InChI is InChI=1S/C15H24N2O3S/c1-11(15(2,3)4)8-14(18)17-10-12-6-5-7-13(9-12)21(16,19)20/h5-7,9,11H,8,10H2,1-4H3,(H,17,18)(H2,16,19,20). The van der Waals surface area contributed by atoms with Crippen LogP contribution in [0, 0.1) is 11.3 Å². The average molecular weight is 312 g/mol. The normalized spacial score (nSPS) is 13.8. The molecule has 1 aromatic rings. The third-order valence-corrected chi connectivity index (χ3v) is 4.60. The Morgan fingerprint density at radius 2 is 1.95 bits per heavy atom. The molecule has 0 fully saturated rings. The van der Waals surface area contributed by atoms with Gasteiger partial charge in [0.2, 0.25) is 15.9 Å². The molecule has 1 aromatic carbocycles. The quantitative estimate of drug-likeness (QED) is 0.871. The molecule has 0 bridgehead atoms. The number of carbonyl (C=O) groups is 1. The highest BCUT2D eigenvalue weighted by Gasteiger charge is 2.22. The molecule has 0 saturated carbocycles. The first kappa shape index (κ1) is 17.7. The summed E-state index contributed by atoms with van der Waals surface area (Å²) in [5.74, 6) is 0.215. The van der Waals surface area contributed by atoms with Crippen molar-refractivity contribution in [1.29, 1.82) is 0 Å². The van der Waals surface area contributed by atoms with E-state index >= 15 is 0 Å². The summed E-state index contributed by atoms with van der Waals surface area (Å²) < 4.78 is 22.5. The second kappa shape index (κ2) is 6.58. The van der Waals surface area contributed by atoms with Gasteiger partial charge < -0.3 is 5.32 Å². The predicted octanol–water partition coefficient (Wildman–Crippen LogP) is 2.02. The molecule has 1 unspecified atom stereocenters. The molecule has 1 rings (SSSR count). The summed E-state index contributed by atoms with van der Waals surface area (Å²) in [6.45, 7) is 8.63. The summed E-state index contributed by atoms with van der Waals surface area (Å²) >= 11 is 0. The molecule has 3 N–H and O–H groups in total. The number of sulfonamides is 1. The lowest BCUT2D eigenvalue weighted by atomic mass is 9.80. The van der Waals surface area contributed by atoms with Crippen molar-refractivity contribution in [2.24, 2.45) is 16.5 Å². The summed E-state index contributed by atoms with van der Waals surface area (Å²) in [5.41, 5.74) is 0.781. The minimum atomic E-state index is -3.71. The van der Waals surface area contributed by atoms with E-state index in [-0.39, 0.29) is 22.1 Å². The van der Waals surface area contributed by atoms with Crippen LogP contribution in [-0.4, -0.2) is 14.3 Å². The van der Waals surface area contributed by atoms with Gasteiger partial charge in [0, 0.05) is 13.0 Å². The van der Waals surface area contributed by atoms with Crippen LogP contribution in [0.15, 0.2) is 29.2 Å². The van der Waals surface area contributed by atoms with E-state index in [1.165, 1.54) is 12.1 Å². The van der Waals surface area contributed by atoms with E-state index in [4.69, 9.17) is 5.14 Å². The number of primary sulfonamides is 1. The highest BCUT2D eigenvalue weighted by atomic mass is 32.2. The molecule has 1 atom stereocenters. The Morgan fingerprint density at radius 1 is 1.33 bits per heavy atom. The van der Waals surface area contributed by atoms with Gasteiger partial charge in [0.25, 0.3) is 0 Å². The lowest BCUT2D eigenvalue weighted by Gasteiger charge is -2.26. The van der Waals surface area contributed by atoms with Crippen molar-refractivity contribution in [3.05, 3.63) is 29.8 Å². The van der Waals surface area contributed by atoms with Gasteiger partial charge in [-0.15, -0.1) is 0 Å². The topological polar surface area (TPSA) is 89.3 Å². The third-order valence-electron chi connectivity index (χ3n) is 3.69. The van der Waals surface area contributed by atoms with Crippen molar-refractivity contribution in [3.8, 4) is 0 Å². The largest absolute Gasteiger partial charge is 0.352 e.